The fourth-order valence-electron chi connectivity index (χ4n) is 1.33. The van der Waals surface area contributed by atoms with Crippen molar-refractivity contribution in [3.63, 3.8) is 0 Å². The first-order valence-electron chi connectivity index (χ1n) is 4.49. The molecule has 3 nitrogen and oxygen atoms in total. The second-order valence-electron chi connectivity index (χ2n) is 3.13. The molecule has 0 aliphatic heterocycles. The van der Waals surface area contributed by atoms with Gasteiger partial charge in [-0.05, 0) is 46.3 Å². The molecule has 0 spiro atoms. The molecule has 0 N–H and O–H groups in total. The maximum absolute atomic E-state index is 10.5. The smallest absolute Gasteiger partial charge is 0.185 e. The van der Waals surface area contributed by atoms with Crippen LogP contribution >= 0.6 is 15.9 Å². The number of halogens is 1. The number of nitrogens with zero attached hydrogens (tertiary/aromatic N) is 1. The van der Waals surface area contributed by atoms with Crippen LogP contribution in [0.5, 0.6) is 0 Å². The van der Waals surface area contributed by atoms with Gasteiger partial charge < -0.3 is 4.42 Å². The molecule has 0 radical (unpaired) electrons. The Morgan fingerprint density at radius 2 is 2.12 bits per heavy atom. The summed E-state index contributed by atoms with van der Waals surface area (Å²) in [4.78, 5) is 10.5. The molecule has 0 fully saturated rings. The third-order valence-electron chi connectivity index (χ3n) is 2.12. The van der Waals surface area contributed by atoms with Gasteiger partial charge in [0.05, 0.1) is 5.56 Å². The van der Waals surface area contributed by atoms with Crippen molar-refractivity contribution in [1.82, 2.24) is 0 Å². The van der Waals surface area contributed by atoms with Crippen LogP contribution < -0.4 is 0 Å². The maximum Gasteiger partial charge on any atom is 0.185 e. The van der Waals surface area contributed by atoms with Gasteiger partial charge in [-0.25, -0.2) is 0 Å². The molecule has 2 aromatic rings. The second-order valence-corrected chi connectivity index (χ2v) is 3.98. The van der Waals surface area contributed by atoms with Crippen LogP contribution in [0.15, 0.2) is 39.2 Å². The van der Waals surface area contributed by atoms with Gasteiger partial charge in [0, 0.05) is 10.0 Å². The predicted octanol–water partition coefficient (Wildman–Crippen LogP) is 3.39. The summed E-state index contributed by atoms with van der Waals surface area (Å²) in [6, 6.07) is 10.6. The molecule has 0 aliphatic carbocycles. The summed E-state index contributed by atoms with van der Waals surface area (Å²) in [7, 11) is 0. The minimum atomic E-state index is 0.287. The minimum absolute atomic E-state index is 0.287. The molecule has 16 heavy (non-hydrogen) atoms. The van der Waals surface area contributed by atoms with Crippen LogP contribution in [0.4, 0.5) is 0 Å². The first-order valence-corrected chi connectivity index (χ1v) is 5.29. The second kappa shape index (κ2) is 4.33. The number of carbonyl (C=O) groups excluding carboxylic acids is 1. The highest BCUT2D eigenvalue weighted by molar-refractivity contribution is 9.10. The van der Waals surface area contributed by atoms with Crippen molar-refractivity contribution in [3.05, 3.63) is 46.1 Å². The van der Waals surface area contributed by atoms with Crippen LogP contribution in [0.25, 0.3) is 11.3 Å². The zero-order valence-electron chi connectivity index (χ0n) is 8.11. The number of furan rings is 1. The molecular formula is C12H6BrNO2. The van der Waals surface area contributed by atoms with Crippen molar-refractivity contribution in [2.45, 2.75) is 0 Å². The van der Waals surface area contributed by atoms with Gasteiger partial charge in [-0.15, -0.1) is 0 Å². The van der Waals surface area contributed by atoms with Crippen molar-refractivity contribution in [1.29, 1.82) is 5.26 Å². The number of carbonyl (C=O) groups is 1. The highest BCUT2D eigenvalue weighted by Gasteiger charge is 2.06. The highest BCUT2D eigenvalue weighted by atomic mass is 79.9. The van der Waals surface area contributed by atoms with Crippen LogP contribution in [-0.4, -0.2) is 6.29 Å². The molecule has 0 saturated heterocycles. The van der Waals surface area contributed by atoms with E-state index in [1.54, 1.807) is 30.3 Å². The van der Waals surface area contributed by atoms with E-state index in [0.29, 0.717) is 22.1 Å². The van der Waals surface area contributed by atoms with Crippen LogP contribution in [0.1, 0.15) is 16.1 Å². The quantitative estimate of drug-likeness (QED) is 0.790. The number of hydrogen-bond acceptors (Lipinski definition) is 3. The number of rotatable bonds is 2. The largest absolute Gasteiger partial charge is 0.453 e. The minimum Gasteiger partial charge on any atom is -0.453 e. The third-order valence-corrected chi connectivity index (χ3v) is 2.77. The average molecular weight is 276 g/mol. The van der Waals surface area contributed by atoms with Gasteiger partial charge in [0.15, 0.2) is 12.0 Å². The fraction of sp³-hybridized carbons (Fsp3) is 0. The Morgan fingerprint density at radius 3 is 2.69 bits per heavy atom. The zero-order chi connectivity index (χ0) is 11.5. The Morgan fingerprint density at radius 1 is 1.31 bits per heavy atom. The van der Waals surface area contributed by atoms with Gasteiger partial charge in [-0.2, -0.15) is 5.26 Å². The van der Waals surface area contributed by atoms with Crippen molar-refractivity contribution >= 4 is 22.2 Å². The first-order chi connectivity index (χ1) is 7.74. The highest BCUT2D eigenvalue weighted by Crippen LogP contribution is 2.26. The average Bonchev–Trinajstić information content (AvgIpc) is 2.77. The lowest BCUT2D eigenvalue weighted by molar-refractivity contribution is 0.110. The van der Waals surface area contributed by atoms with E-state index in [1.807, 2.05) is 0 Å². The van der Waals surface area contributed by atoms with E-state index in [2.05, 4.69) is 22.0 Å². The van der Waals surface area contributed by atoms with Gasteiger partial charge >= 0.3 is 0 Å². The monoisotopic (exact) mass is 275 g/mol. The fourth-order valence-corrected chi connectivity index (χ4v) is 1.80. The number of nitriles is 1. The number of hydrogen-bond donors (Lipinski definition) is 0. The molecule has 0 saturated carbocycles. The van der Waals surface area contributed by atoms with Crippen LogP contribution in [-0.2, 0) is 0 Å². The van der Waals surface area contributed by atoms with Gasteiger partial charge in [-0.3, -0.25) is 4.79 Å². The van der Waals surface area contributed by atoms with Gasteiger partial charge in [0.1, 0.15) is 11.8 Å². The topological polar surface area (TPSA) is 54.0 Å². The van der Waals surface area contributed by atoms with Crippen molar-refractivity contribution in [3.8, 4) is 17.4 Å². The van der Waals surface area contributed by atoms with Crippen molar-refractivity contribution in [2.75, 3.05) is 0 Å². The normalized spacial score (nSPS) is 9.75. The molecule has 1 aromatic carbocycles. The summed E-state index contributed by atoms with van der Waals surface area (Å²) in [5.41, 5.74) is 1.38. The summed E-state index contributed by atoms with van der Waals surface area (Å²) in [5.74, 6) is 0.891. The Balaban J connectivity index is 2.45. The summed E-state index contributed by atoms with van der Waals surface area (Å²) in [6.07, 6.45) is 0.655. The Labute approximate surface area is 100 Å². The lowest BCUT2D eigenvalue weighted by atomic mass is 10.1. The Bertz CT molecular complexity index is 581. The van der Waals surface area contributed by atoms with E-state index >= 15 is 0 Å². The maximum atomic E-state index is 10.5. The van der Waals surface area contributed by atoms with E-state index in [1.165, 1.54) is 0 Å². The molecule has 0 aliphatic rings. The van der Waals surface area contributed by atoms with Crippen LogP contribution in [0.3, 0.4) is 0 Å². The summed E-state index contributed by atoms with van der Waals surface area (Å²) in [6.45, 7) is 0. The number of aldehydes is 1. The summed E-state index contributed by atoms with van der Waals surface area (Å²) in [5, 5.41) is 8.77. The Kier molecular flexibility index (Phi) is 2.88. The third kappa shape index (κ3) is 1.90. The van der Waals surface area contributed by atoms with E-state index in [-0.39, 0.29) is 5.76 Å². The zero-order valence-corrected chi connectivity index (χ0v) is 9.69. The molecule has 1 heterocycles. The predicted molar refractivity (Wildman–Crippen MR) is 61.9 cm³/mol. The number of benzene rings is 1. The molecule has 0 unspecified atom stereocenters. The van der Waals surface area contributed by atoms with Crippen molar-refractivity contribution in [2.24, 2.45) is 0 Å². The molecule has 4 heteroatoms. The molecule has 1 aromatic heterocycles. The molecular weight excluding hydrogens is 270 g/mol. The van der Waals surface area contributed by atoms with E-state index < -0.39 is 0 Å². The van der Waals surface area contributed by atoms with Gasteiger partial charge in [0.25, 0.3) is 0 Å². The van der Waals surface area contributed by atoms with Crippen LogP contribution in [0.2, 0.25) is 0 Å². The SMILES string of the molecule is N#Cc1ccc(-c2ccc(C=O)o2)cc1Br. The Hall–Kier alpha value is -1.86. The van der Waals surface area contributed by atoms with E-state index in [4.69, 9.17) is 9.68 Å². The first kappa shape index (κ1) is 10.7. The molecule has 0 amide bonds. The summed E-state index contributed by atoms with van der Waals surface area (Å²) >= 11 is 3.29. The molecule has 2 rings (SSSR count). The van der Waals surface area contributed by atoms with E-state index in [9.17, 15) is 4.79 Å². The molecule has 0 bridgehead atoms. The lowest BCUT2D eigenvalue weighted by Crippen LogP contribution is -1.79. The molecule has 0 atom stereocenters. The van der Waals surface area contributed by atoms with E-state index in [0.717, 1.165) is 5.56 Å². The van der Waals surface area contributed by atoms with Crippen molar-refractivity contribution < 1.29 is 9.21 Å². The molecule has 78 valence electrons. The van der Waals surface area contributed by atoms with Gasteiger partial charge in [-0.1, -0.05) is 0 Å². The standard InChI is InChI=1S/C12H6BrNO2/c13-11-5-8(1-2-9(11)6-14)12-4-3-10(7-15)16-12/h1-5,7H. The van der Waals surface area contributed by atoms with Crippen LogP contribution in [0, 0.1) is 11.3 Å². The lowest BCUT2D eigenvalue weighted by Gasteiger charge is -1.99. The summed E-state index contributed by atoms with van der Waals surface area (Å²) < 4.78 is 5.98. The van der Waals surface area contributed by atoms with Gasteiger partial charge in [0.2, 0.25) is 0 Å².